The van der Waals surface area contributed by atoms with E-state index in [1.165, 1.54) is 6.08 Å². The Morgan fingerprint density at radius 1 is 1.05 bits per heavy atom. The summed E-state index contributed by atoms with van der Waals surface area (Å²) in [7, 11) is 3.87. The molecule has 9 nitrogen and oxygen atoms in total. The third-order valence-corrected chi connectivity index (χ3v) is 7.42. The van der Waals surface area contributed by atoms with Crippen LogP contribution in [0.2, 0.25) is 5.02 Å². The lowest BCUT2D eigenvalue weighted by Gasteiger charge is -2.29. The van der Waals surface area contributed by atoms with E-state index in [9.17, 15) is 9.59 Å². The first-order valence-corrected chi connectivity index (χ1v) is 14.1. The van der Waals surface area contributed by atoms with Gasteiger partial charge in [0.05, 0.1) is 16.9 Å². The second-order valence-electron chi connectivity index (χ2n) is 10.5. The second-order valence-corrected chi connectivity index (χ2v) is 10.9. The molecule has 212 valence electrons. The maximum Gasteiger partial charge on any atom is 0.251 e. The Labute approximate surface area is 244 Å². The standard InChI is InChI=1S/C31H34ClN7O2/c1-39(2)17-5-8-28(40)35-21-11-9-20(10-12-21)30(41)36-22-13-15-23(16-14-22)37-31-34-19-26(32)29(38-31)25-18-33-27-7-4-3-6-24(25)27/h3-12,18-19,22-23,33H,13-17H2,1-2H3,(H,35,40)(H,36,41)(H,34,37,38)/b8-5+/t22-,23-. The molecular weight excluding hydrogens is 538 g/mol. The number of aromatic amines is 1. The molecule has 0 bridgehead atoms. The van der Waals surface area contributed by atoms with Crippen LogP contribution >= 0.6 is 11.6 Å². The van der Waals surface area contributed by atoms with Gasteiger partial charge in [0.25, 0.3) is 5.91 Å². The number of anilines is 2. The van der Waals surface area contributed by atoms with Crippen molar-refractivity contribution in [2.45, 2.75) is 37.8 Å². The molecule has 0 unspecified atom stereocenters. The van der Waals surface area contributed by atoms with Crippen molar-refractivity contribution >= 4 is 46.0 Å². The minimum Gasteiger partial charge on any atom is -0.360 e. The van der Waals surface area contributed by atoms with E-state index in [1.807, 2.05) is 49.5 Å². The van der Waals surface area contributed by atoms with Gasteiger partial charge in [-0.05, 0) is 70.1 Å². The van der Waals surface area contributed by atoms with E-state index in [4.69, 9.17) is 16.6 Å². The van der Waals surface area contributed by atoms with Gasteiger partial charge in [0.1, 0.15) is 0 Å². The number of hydrogen-bond donors (Lipinski definition) is 4. The number of hydrogen-bond acceptors (Lipinski definition) is 6. The SMILES string of the molecule is CN(C)C/C=C/C(=O)Nc1ccc(C(=O)N[C@H]2CC[C@H](Nc3ncc(Cl)c(-c4c[nH]c5ccccc45)n3)CC2)cc1. The average molecular weight is 572 g/mol. The van der Waals surface area contributed by atoms with Gasteiger partial charge in [0.15, 0.2) is 0 Å². The van der Waals surface area contributed by atoms with E-state index in [-0.39, 0.29) is 23.9 Å². The van der Waals surface area contributed by atoms with Gasteiger partial charge < -0.3 is 25.8 Å². The highest BCUT2D eigenvalue weighted by atomic mass is 35.5. The molecule has 1 saturated carbocycles. The zero-order valence-corrected chi connectivity index (χ0v) is 23.9. The topological polar surface area (TPSA) is 115 Å². The number of aromatic nitrogens is 3. The van der Waals surface area contributed by atoms with Gasteiger partial charge in [-0.1, -0.05) is 35.9 Å². The number of amides is 2. The molecule has 10 heteroatoms. The molecule has 0 radical (unpaired) electrons. The van der Waals surface area contributed by atoms with Crippen molar-refractivity contribution in [1.82, 2.24) is 25.2 Å². The Balaban J connectivity index is 1.11. The van der Waals surface area contributed by atoms with Crippen LogP contribution in [0.4, 0.5) is 11.6 Å². The molecule has 2 aromatic heterocycles. The molecule has 0 spiro atoms. The lowest BCUT2D eigenvalue weighted by Crippen LogP contribution is -2.40. The monoisotopic (exact) mass is 571 g/mol. The minimum atomic E-state index is -0.201. The zero-order valence-electron chi connectivity index (χ0n) is 23.2. The van der Waals surface area contributed by atoms with Gasteiger partial charge in [0.2, 0.25) is 11.9 Å². The molecular formula is C31H34ClN7O2. The Morgan fingerprint density at radius 3 is 2.54 bits per heavy atom. The van der Waals surface area contributed by atoms with Crippen LogP contribution in [0.25, 0.3) is 22.2 Å². The molecule has 4 N–H and O–H groups in total. The molecule has 41 heavy (non-hydrogen) atoms. The fraction of sp³-hybridized carbons (Fsp3) is 0.290. The third kappa shape index (κ3) is 7.31. The second kappa shape index (κ2) is 13.0. The lowest BCUT2D eigenvalue weighted by atomic mass is 9.91. The van der Waals surface area contributed by atoms with Crippen LogP contribution in [0, 0.1) is 0 Å². The Kier molecular flexibility index (Phi) is 8.96. The quantitative estimate of drug-likeness (QED) is 0.198. The van der Waals surface area contributed by atoms with Crippen molar-refractivity contribution < 1.29 is 9.59 Å². The van der Waals surface area contributed by atoms with Crippen molar-refractivity contribution in [2.24, 2.45) is 0 Å². The maximum atomic E-state index is 12.8. The van der Waals surface area contributed by atoms with Gasteiger partial charge in [-0.15, -0.1) is 0 Å². The van der Waals surface area contributed by atoms with Crippen molar-refractivity contribution in [1.29, 1.82) is 0 Å². The number of benzene rings is 2. The molecule has 1 fully saturated rings. The average Bonchev–Trinajstić information content (AvgIpc) is 3.39. The summed E-state index contributed by atoms with van der Waals surface area (Å²) < 4.78 is 0. The summed E-state index contributed by atoms with van der Waals surface area (Å²) in [4.78, 5) is 39.3. The molecule has 0 saturated heterocycles. The van der Waals surface area contributed by atoms with E-state index < -0.39 is 0 Å². The van der Waals surface area contributed by atoms with E-state index in [0.29, 0.717) is 34.5 Å². The van der Waals surface area contributed by atoms with Gasteiger partial charge in [-0.2, -0.15) is 0 Å². The number of nitrogens with one attached hydrogen (secondary N) is 4. The van der Waals surface area contributed by atoms with Gasteiger partial charge >= 0.3 is 0 Å². The number of fused-ring (bicyclic) bond motifs is 1. The summed E-state index contributed by atoms with van der Waals surface area (Å²) >= 11 is 6.48. The first kappa shape index (κ1) is 28.3. The van der Waals surface area contributed by atoms with Gasteiger partial charge in [-0.3, -0.25) is 9.59 Å². The van der Waals surface area contributed by atoms with Crippen LogP contribution in [0.5, 0.6) is 0 Å². The molecule has 0 aliphatic heterocycles. The number of likely N-dealkylation sites (N-methyl/N-ethyl adjacent to an activating group) is 1. The predicted octanol–water partition coefficient (Wildman–Crippen LogP) is 5.49. The molecule has 2 amide bonds. The van der Waals surface area contributed by atoms with Gasteiger partial charge in [0, 0.05) is 58.6 Å². The summed E-state index contributed by atoms with van der Waals surface area (Å²) in [5.74, 6) is 0.227. The maximum absolute atomic E-state index is 12.8. The highest BCUT2D eigenvalue weighted by molar-refractivity contribution is 6.33. The number of carbonyl (C=O) groups is 2. The van der Waals surface area contributed by atoms with Crippen molar-refractivity contribution in [3.63, 3.8) is 0 Å². The number of rotatable bonds is 9. The van der Waals surface area contributed by atoms with Crippen molar-refractivity contribution in [2.75, 3.05) is 31.3 Å². The first-order valence-electron chi connectivity index (χ1n) is 13.7. The van der Waals surface area contributed by atoms with Crippen LogP contribution in [0.1, 0.15) is 36.0 Å². The zero-order chi connectivity index (χ0) is 28.8. The number of H-pyrrole nitrogens is 1. The highest BCUT2D eigenvalue weighted by Crippen LogP contribution is 2.32. The normalized spacial score (nSPS) is 17.2. The largest absolute Gasteiger partial charge is 0.360 e. The fourth-order valence-electron chi connectivity index (χ4n) is 4.99. The predicted molar refractivity (Wildman–Crippen MR) is 164 cm³/mol. The van der Waals surface area contributed by atoms with E-state index in [2.05, 4.69) is 25.9 Å². The smallest absolute Gasteiger partial charge is 0.251 e. The number of carbonyl (C=O) groups excluding carboxylic acids is 2. The molecule has 2 aromatic carbocycles. The summed E-state index contributed by atoms with van der Waals surface area (Å²) in [5, 5.41) is 11.0. The summed E-state index contributed by atoms with van der Waals surface area (Å²) in [6, 6.07) is 15.3. The number of nitrogens with zero attached hydrogens (tertiary/aromatic N) is 3. The summed E-state index contributed by atoms with van der Waals surface area (Å²) in [6.45, 7) is 0.687. The molecule has 0 atom stereocenters. The summed E-state index contributed by atoms with van der Waals surface area (Å²) in [6.07, 6.45) is 10.3. The van der Waals surface area contributed by atoms with Gasteiger partial charge in [-0.25, -0.2) is 9.97 Å². The fourth-order valence-corrected chi connectivity index (χ4v) is 5.18. The first-order chi connectivity index (χ1) is 19.9. The third-order valence-electron chi connectivity index (χ3n) is 7.14. The van der Waals surface area contributed by atoms with Crippen LogP contribution < -0.4 is 16.0 Å². The molecule has 1 aliphatic rings. The molecule has 1 aliphatic carbocycles. The van der Waals surface area contributed by atoms with Crippen LogP contribution in [0.3, 0.4) is 0 Å². The minimum absolute atomic E-state index is 0.0923. The van der Waals surface area contributed by atoms with Crippen LogP contribution in [-0.2, 0) is 4.79 Å². The van der Waals surface area contributed by atoms with Crippen molar-refractivity contribution in [3.8, 4) is 11.3 Å². The number of para-hydroxylation sites is 1. The molecule has 5 rings (SSSR count). The van der Waals surface area contributed by atoms with E-state index in [1.54, 1.807) is 36.5 Å². The highest BCUT2D eigenvalue weighted by Gasteiger charge is 2.24. The van der Waals surface area contributed by atoms with Crippen LogP contribution in [-0.4, -0.2) is 64.4 Å². The molecule has 4 aromatic rings. The lowest BCUT2D eigenvalue weighted by molar-refractivity contribution is -0.111. The van der Waals surface area contributed by atoms with E-state index >= 15 is 0 Å². The molecule has 2 heterocycles. The summed E-state index contributed by atoms with van der Waals surface area (Å²) in [5.41, 5.74) is 3.86. The Bertz CT molecular complexity index is 1540. The van der Waals surface area contributed by atoms with Crippen molar-refractivity contribution in [3.05, 3.63) is 83.7 Å². The van der Waals surface area contributed by atoms with Crippen LogP contribution in [0.15, 0.2) is 73.1 Å². The number of halogens is 1. The Morgan fingerprint density at radius 2 is 1.78 bits per heavy atom. The van der Waals surface area contributed by atoms with E-state index in [0.717, 1.165) is 42.1 Å². The Hall–Kier alpha value is -4.21.